The zero-order chi connectivity index (χ0) is 10.1. The molecule has 0 aromatic carbocycles. The van der Waals surface area contributed by atoms with Crippen LogP contribution in [0.5, 0.6) is 0 Å². The maximum Gasteiger partial charge on any atom is 0.304 e. The molecular weight excluding hydrogens is 166 g/mol. The van der Waals surface area contributed by atoms with Crippen molar-refractivity contribution in [2.24, 2.45) is 0 Å². The van der Waals surface area contributed by atoms with Gasteiger partial charge in [-0.3, -0.25) is 9.69 Å². The van der Waals surface area contributed by atoms with Gasteiger partial charge in [0.15, 0.2) is 0 Å². The van der Waals surface area contributed by atoms with Gasteiger partial charge in [0.25, 0.3) is 0 Å². The second-order valence-corrected chi connectivity index (χ2v) is 2.71. The molecule has 0 atom stereocenters. The van der Waals surface area contributed by atoms with Crippen molar-refractivity contribution in [3.05, 3.63) is 0 Å². The molecule has 0 unspecified atom stereocenters. The average Bonchev–Trinajstić information content (AvgIpc) is 2.11. The summed E-state index contributed by atoms with van der Waals surface area (Å²) in [6, 6.07) is 0. The van der Waals surface area contributed by atoms with Gasteiger partial charge in [-0.05, 0) is 13.1 Å². The van der Waals surface area contributed by atoms with E-state index in [4.69, 9.17) is 5.11 Å². The highest BCUT2D eigenvalue weighted by molar-refractivity contribution is 5.66. The molecule has 0 bridgehead atoms. The molecule has 3 heteroatoms. The third-order valence-electron chi connectivity index (χ3n) is 1.79. The molecule has 0 aliphatic heterocycles. The first-order valence-corrected chi connectivity index (χ1v) is 4.60. The van der Waals surface area contributed by atoms with E-state index in [0.717, 1.165) is 19.6 Å². The van der Waals surface area contributed by atoms with Crippen LogP contribution in [-0.4, -0.2) is 35.6 Å². The summed E-state index contributed by atoms with van der Waals surface area (Å²) in [5.41, 5.74) is 0. The summed E-state index contributed by atoms with van der Waals surface area (Å²) in [4.78, 5) is 12.3. The van der Waals surface area contributed by atoms with Gasteiger partial charge in [0.1, 0.15) is 0 Å². The summed E-state index contributed by atoms with van der Waals surface area (Å²) in [5.74, 6) is 5.02. The van der Waals surface area contributed by atoms with Crippen LogP contribution in [0, 0.1) is 11.8 Å². The van der Waals surface area contributed by atoms with Crippen molar-refractivity contribution < 1.29 is 9.90 Å². The Balaban J connectivity index is 3.54. The Labute approximate surface area is 79.7 Å². The molecular formula is C10H17NO2. The van der Waals surface area contributed by atoms with Crippen molar-refractivity contribution in [2.45, 2.75) is 26.7 Å². The van der Waals surface area contributed by atoms with Gasteiger partial charge in [0, 0.05) is 6.42 Å². The minimum Gasteiger partial charge on any atom is -0.481 e. The van der Waals surface area contributed by atoms with Crippen LogP contribution >= 0.6 is 0 Å². The van der Waals surface area contributed by atoms with Crippen molar-refractivity contribution in [3.63, 3.8) is 0 Å². The Kier molecular flexibility index (Phi) is 7.04. The lowest BCUT2D eigenvalue weighted by atomic mass is 10.3. The average molecular weight is 183 g/mol. The Morgan fingerprint density at radius 1 is 1.31 bits per heavy atom. The first kappa shape index (κ1) is 12.0. The molecule has 3 nitrogen and oxygen atoms in total. The highest BCUT2D eigenvalue weighted by Crippen LogP contribution is 1.87. The normalized spacial score (nSPS) is 9.46. The van der Waals surface area contributed by atoms with E-state index in [2.05, 4.69) is 30.6 Å². The van der Waals surface area contributed by atoms with E-state index >= 15 is 0 Å². The summed E-state index contributed by atoms with van der Waals surface area (Å²) >= 11 is 0. The molecule has 74 valence electrons. The van der Waals surface area contributed by atoms with E-state index in [1.807, 2.05) is 0 Å². The van der Waals surface area contributed by atoms with E-state index in [-0.39, 0.29) is 6.42 Å². The maximum absolute atomic E-state index is 10.1. The Morgan fingerprint density at radius 2 is 1.92 bits per heavy atom. The molecule has 0 radical (unpaired) electrons. The van der Waals surface area contributed by atoms with Gasteiger partial charge in [0.05, 0.1) is 13.0 Å². The number of carbonyl (C=O) groups is 1. The minimum atomic E-state index is -0.780. The van der Waals surface area contributed by atoms with E-state index in [9.17, 15) is 4.79 Å². The second-order valence-electron chi connectivity index (χ2n) is 2.71. The van der Waals surface area contributed by atoms with Crippen molar-refractivity contribution >= 4 is 5.97 Å². The highest BCUT2D eigenvalue weighted by atomic mass is 16.4. The van der Waals surface area contributed by atoms with Crippen LogP contribution in [0.3, 0.4) is 0 Å². The molecule has 13 heavy (non-hydrogen) atoms. The molecule has 0 saturated heterocycles. The second kappa shape index (κ2) is 7.63. The Hall–Kier alpha value is -1.01. The van der Waals surface area contributed by atoms with Crippen LogP contribution < -0.4 is 0 Å². The van der Waals surface area contributed by atoms with Crippen LogP contribution in [0.2, 0.25) is 0 Å². The summed E-state index contributed by atoms with van der Waals surface area (Å²) < 4.78 is 0. The third-order valence-corrected chi connectivity index (χ3v) is 1.79. The number of aliphatic carboxylic acids is 1. The van der Waals surface area contributed by atoms with Crippen molar-refractivity contribution in [1.82, 2.24) is 4.90 Å². The maximum atomic E-state index is 10.1. The van der Waals surface area contributed by atoms with Gasteiger partial charge in [-0.25, -0.2) is 0 Å². The number of rotatable bonds is 5. The quantitative estimate of drug-likeness (QED) is 0.651. The SMILES string of the molecule is CCN(CC)CC#CCCC(=O)O. The molecule has 0 spiro atoms. The van der Waals surface area contributed by atoms with Crippen LogP contribution in [-0.2, 0) is 4.79 Å². The minimum absolute atomic E-state index is 0.144. The van der Waals surface area contributed by atoms with Crippen molar-refractivity contribution in [1.29, 1.82) is 0 Å². The Morgan fingerprint density at radius 3 is 2.38 bits per heavy atom. The van der Waals surface area contributed by atoms with Crippen LogP contribution in [0.4, 0.5) is 0 Å². The van der Waals surface area contributed by atoms with E-state index in [0.29, 0.717) is 6.42 Å². The zero-order valence-corrected chi connectivity index (χ0v) is 8.34. The lowest BCUT2D eigenvalue weighted by molar-refractivity contribution is -0.136. The van der Waals surface area contributed by atoms with Gasteiger partial charge in [-0.2, -0.15) is 0 Å². The molecule has 0 aromatic rings. The van der Waals surface area contributed by atoms with E-state index in [1.165, 1.54) is 0 Å². The predicted octanol–water partition coefficient (Wildman–Crippen LogP) is 1.20. The lowest BCUT2D eigenvalue weighted by Crippen LogP contribution is -2.22. The zero-order valence-electron chi connectivity index (χ0n) is 8.34. The fourth-order valence-corrected chi connectivity index (χ4v) is 0.873. The number of hydrogen-bond acceptors (Lipinski definition) is 2. The summed E-state index contributed by atoms with van der Waals surface area (Å²) in [6.07, 6.45) is 0.599. The molecule has 0 heterocycles. The van der Waals surface area contributed by atoms with Crippen LogP contribution in [0.25, 0.3) is 0 Å². The first-order valence-electron chi connectivity index (χ1n) is 4.60. The number of carboxylic acids is 1. The smallest absolute Gasteiger partial charge is 0.304 e. The van der Waals surface area contributed by atoms with Crippen molar-refractivity contribution in [2.75, 3.05) is 19.6 Å². The fourth-order valence-electron chi connectivity index (χ4n) is 0.873. The van der Waals surface area contributed by atoms with Gasteiger partial charge in [-0.15, -0.1) is 5.92 Å². The summed E-state index contributed by atoms with van der Waals surface area (Å²) in [5, 5.41) is 8.34. The monoisotopic (exact) mass is 183 g/mol. The first-order chi connectivity index (χ1) is 6.20. The van der Waals surface area contributed by atoms with E-state index in [1.54, 1.807) is 0 Å². The molecule has 0 saturated carbocycles. The molecule has 0 fully saturated rings. The molecule has 0 aromatic heterocycles. The largest absolute Gasteiger partial charge is 0.481 e. The summed E-state index contributed by atoms with van der Waals surface area (Å²) in [7, 11) is 0. The van der Waals surface area contributed by atoms with Gasteiger partial charge >= 0.3 is 5.97 Å². The number of carboxylic acid groups (broad SMARTS) is 1. The highest BCUT2D eigenvalue weighted by Gasteiger charge is 1.94. The standard InChI is InChI=1S/C10H17NO2/c1-3-11(4-2)9-7-5-6-8-10(12)13/h3-4,6,8-9H2,1-2H3,(H,12,13). The number of nitrogens with zero attached hydrogens (tertiary/aromatic N) is 1. The van der Waals surface area contributed by atoms with Gasteiger partial charge < -0.3 is 5.11 Å². The predicted molar refractivity (Wildman–Crippen MR) is 52.4 cm³/mol. The molecule has 0 amide bonds. The van der Waals surface area contributed by atoms with E-state index < -0.39 is 5.97 Å². The Bertz CT molecular complexity index is 199. The van der Waals surface area contributed by atoms with Gasteiger partial charge in [-0.1, -0.05) is 19.8 Å². The van der Waals surface area contributed by atoms with Crippen LogP contribution in [0.15, 0.2) is 0 Å². The van der Waals surface area contributed by atoms with Gasteiger partial charge in [0.2, 0.25) is 0 Å². The van der Waals surface area contributed by atoms with Crippen LogP contribution in [0.1, 0.15) is 26.7 Å². The topological polar surface area (TPSA) is 40.5 Å². The molecule has 1 N–H and O–H groups in total. The van der Waals surface area contributed by atoms with Crippen molar-refractivity contribution in [3.8, 4) is 11.8 Å². The third kappa shape index (κ3) is 7.35. The summed E-state index contributed by atoms with van der Waals surface area (Å²) in [6.45, 7) is 6.89. The molecule has 0 aliphatic carbocycles. The fraction of sp³-hybridized carbons (Fsp3) is 0.700. The molecule has 0 rings (SSSR count). The number of hydrogen-bond donors (Lipinski definition) is 1. The molecule has 0 aliphatic rings. The lowest BCUT2D eigenvalue weighted by Gasteiger charge is -2.13.